The van der Waals surface area contributed by atoms with Crippen LogP contribution in [0.1, 0.15) is 12.5 Å². The molecule has 84 valence electrons. The van der Waals surface area contributed by atoms with E-state index < -0.39 is 0 Å². The minimum absolute atomic E-state index is 0.0345. The van der Waals surface area contributed by atoms with Gasteiger partial charge >= 0.3 is 100 Å². The summed E-state index contributed by atoms with van der Waals surface area (Å²) in [4.78, 5) is 15.7. The Kier molecular flexibility index (Phi) is 3.39. The SMILES string of the molecule is CCc1ccccc1N=C1[Se]CC(=O)N1N. The van der Waals surface area contributed by atoms with E-state index in [1.807, 2.05) is 24.3 Å². The average molecular weight is 282 g/mol. The van der Waals surface area contributed by atoms with E-state index in [2.05, 4.69) is 11.9 Å². The molecule has 1 aliphatic rings. The van der Waals surface area contributed by atoms with Crippen molar-refractivity contribution >= 4 is 31.3 Å². The van der Waals surface area contributed by atoms with Gasteiger partial charge in [0.05, 0.1) is 0 Å². The molecular weight excluding hydrogens is 269 g/mol. The fourth-order valence-corrected chi connectivity index (χ4v) is 3.15. The first-order valence-corrected chi connectivity index (χ1v) is 7.16. The van der Waals surface area contributed by atoms with E-state index in [4.69, 9.17) is 5.84 Å². The van der Waals surface area contributed by atoms with Crippen LogP contribution in [-0.2, 0) is 11.2 Å². The van der Waals surface area contributed by atoms with Gasteiger partial charge in [-0.2, -0.15) is 0 Å². The molecule has 0 unspecified atom stereocenters. The van der Waals surface area contributed by atoms with Crippen LogP contribution in [0.4, 0.5) is 5.69 Å². The molecule has 4 nitrogen and oxygen atoms in total. The van der Waals surface area contributed by atoms with Crippen molar-refractivity contribution in [3.63, 3.8) is 0 Å². The molecule has 2 rings (SSSR count). The number of nitrogens with two attached hydrogens (primary N) is 1. The third-order valence-corrected chi connectivity index (χ3v) is 4.36. The van der Waals surface area contributed by atoms with Crippen molar-refractivity contribution in [3.8, 4) is 0 Å². The summed E-state index contributed by atoms with van der Waals surface area (Å²) < 4.78 is 0.721. The van der Waals surface area contributed by atoms with E-state index in [1.165, 1.54) is 10.6 Å². The summed E-state index contributed by atoms with van der Waals surface area (Å²) in [6.45, 7) is 2.09. The summed E-state index contributed by atoms with van der Waals surface area (Å²) in [7, 11) is 0. The number of aryl methyl sites for hydroxylation is 1. The molecule has 0 aliphatic carbocycles. The second-order valence-electron chi connectivity index (χ2n) is 3.43. The van der Waals surface area contributed by atoms with Crippen molar-refractivity contribution in [2.45, 2.75) is 18.7 Å². The predicted octanol–water partition coefficient (Wildman–Crippen LogP) is 1.07. The van der Waals surface area contributed by atoms with Crippen LogP contribution in [0.15, 0.2) is 29.3 Å². The van der Waals surface area contributed by atoms with Gasteiger partial charge in [-0.05, 0) is 0 Å². The van der Waals surface area contributed by atoms with Crippen LogP contribution in [0.2, 0.25) is 5.32 Å². The molecule has 0 bridgehead atoms. The number of amidine groups is 1. The van der Waals surface area contributed by atoms with Crippen molar-refractivity contribution in [1.29, 1.82) is 0 Å². The van der Waals surface area contributed by atoms with Gasteiger partial charge in [0.25, 0.3) is 0 Å². The first-order valence-electron chi connectivity index (χ1n) is 5.09. The molecule has 1 amide bonds. The first-order chi connectivity index (χ1) is 7.72. The summed E-state index contributed by atoms with van der Waals surface area (Å²) in [5.74, 6) is 5.60. The fourth-order valence-electron chi connectivity index (χ4n) is 1.48. The zero-order valence-electron chi connectivity index (χ0n) is 9.01. The number of carbonyl (C=O) groups is 1. The first kappa shape index (κ1) is 11.3. The van der Waals surface area contributed by atoms with E-state index in [-0.39, 0.29) is 20.9 Å². The molecule has 1 saturated heterocycles. The van der Waals surface area contributed by atoms with Gasteiger partial charge in [-0.15, -0.1) is 0 Å². The molecule has 16 heavy (non-hydrogen) atoms. The number of aliphatic imine (C=N–C) groups is 1. The summed E-state index contributed by atoms with van der Waals surface area (Å²) in [6, 6.07) is 7.94. The Morgan fingerprint density at radius 2 is 2.25 bits per heavy atom. The summed E-state index contributed by atoms with van der Waals surface area (Å²) in [5, 5.41) is 1.71. The molecule has 1 aromatic carbocycles. The van der Waals surface area contributed by atoms with Crippen LogP contribution in [0.3, 0.4) is 0 Å². The Morgan fingerprint density at radius 1 is 1.50 bits per heavy atom. The Hall–Kier alpha value is -1.16. The molecule has 0 saturated carbocycles. The number of carbonyl (C=O) groups excluding carboxylic acids is 1. The van der Waals surface area contributed by atoms with Gasteiger partial charge < -0.3 is 0 Å². The normalized spacial score (nSPS) is 18.5. The number of hydrogen-bond donors (Lipinski definition) is 1. The number of hydrazine groups is 1. The van der Waals surface area contributed by atoms with E-state index in [0.29, 0.717) is 5.32 Å². The van der Waals surface area contributed by atoms with Gasteiger partial charge in [0.15, 0.2) is 0 Å². The zero-order chi connectivity index (χ0) is 11.5. The molecular formula is C11H13N3OSe. The van der Waals surface area contributed by atoms with Gasteiger partial charge in [0.2, 0.25) is 0 Å². The van der Waals surface area contributed by atoms with Crippen LogP contribution in [0.25, 0.3) is 0 Å². The van der Waals surface area contributed by atoms with Crippen molar-refractivity contribution in [2.75, 3.05) is 0 Å². The quantitative estimate of drug-likeness (QED) is 0.501. The van der Waals surface area contributed by atoms with Gasteiger partial charge in [0, 0.05) is 0 Å². The molecule has 1 fully saturated rings. The van der Waals surface area contributed by atoms with Gasteiger partial charge in [-0.1, -0.05) is 0 Å². The molecule has 0 spiro atoms. The molecule has 0 aromatic heterocycles. The summed E-state index contributed by atoms with van der Waals surface area (Å²) >= 11 is 0.0761. The van der Waals surface area contributed by atoms with Gasteiger partial charge in [-0.25, -0.2) is 0 Å². The van der Waals surface area contributed by atoms with Crippen molar-refractivity contribution in [1.82, 2.24) is 5.01 Å². The number of nitrogens with zero attached hydrogens (tertiary/aromatic N) is 2. The Labute approximate surface area is 101 Å². The molecule has 2 N–H and O–H groups in total. The van der Waals surface area contributed by atoms with E-state index in [1.54, 1.807) is 0 Å². The van der Waals surface area contributed by atoms with Crippen LogP contribution in [0.5, 0.6) is 0 Å². The number of rotatable bonds is 2. The van der Waals surface area contributed by atoms with Crippen LogP contribution >= 0.6 is 0 Å². The number of hydrogen-bond acceptors (Lipinski definition) is 3. The van der Waals surface area contributed by atoms with E-state index >= 15 is 0 Å². The van der Waals surface area contributed by atoms with Crippen molar-refractivity contribution in [3.05, 3.63) is 29.8 Å². The monoisotopic (exact) mass is 283 g/mol. The molecule has 1 heterocycles. The fraction of sp³-hybridized carbons (Fsp3) is 0.273. The summed E-state index contributed by atoms with van der Waals surface area (Å²) in [6.07, 6.45) is 0.929. The third-order valence-electron chi connectivity index (χ3n) is 2.39. The Morgan fingerprint density at radius 3 is 2.88 bits per heavy atom. The average Bonchev–Trinajstić information content (AvgIpc) is 2.62. The number of amides is 1. The predicted molar refractivity (Wildman–Crippen MR) is 64.5 cm³/mol. The van der Waals surface area contributed by atoms with Crippen molar-refractivity contribution < 1.29 is 4.79 Å². The Bertz CT molecular complexity index is 445. The third kappa shape index (κ3) is 2.16. The Balaban J connectivity index is 2.32. The van der Waals surface area contributed by atoms with Crippen LogP contribution in [0, 0.1) is 0 Å². The van der Waals surface area contributed by atoms with Crippen LogP contribution < -0.4 is 5.84 Å². The topological polar surface area (TPSA) is 58.7 Å². The number of benzene rings is 1. The van der Waals surface area contributed by atoms with Gasteiger partial charge in [0.1, 0.15) is 0 Å². The van der Waals surface area contributed by atoms with E-state index in [9.17, 15) is 4.79 Å². The molecule has 0 radical (unpaired) electrons. The molecule has 5 heteroatoms. The number of para-hydroxylation sites is 1. The molecule has 1 aromatic rings. The standard InChI is InChI=1S/C11H13N3OSe/c1-2-8-5-3-4-6-9(8)13-11-14(12)10(15)7-16-11/h3-6H,2,7,12H2,1H3. The minimum atomic E-state index is -0.0345. The van der Waals surface area contributed by atoms with Crippen molar-refractivity contribution in [2.24, 2.45) is 10.8 Å². The maximum atomic E-state index is 11.3. The van der Waals surface area contributed by atoms with Gasteiger partial charge in [-0.3, -0.25) is 0 Å². The van der Waals surface area contributed by atoms with Crippen LogP contribution in [-0.4, -0.2) is 30.6 Å². The maximum absolute atomic E-state index is 11.3. The second kappa shape index (κ2) is 4.78. The molecule has 1 aliphatic heterocycles. The second-order valence-corrected chi connectivity index (χ2v) is 5.41. The summed E-state index contributed by atoms with van der Waals surface area (Å²) in [5.41, 5.74) is 2.10. The molecule has 0 atom stereocenters. The van der Waals surface area contributed by atoms with E-state index in [0.717, 1.165) is 16.8 Å². The zero-order valence-corrected chi connectivity index (χ0v) is 10.7.